The third kappa shape index (κ3) is 1.67. The molecule has 0 amide bonds. The van der Waals surface area contributed by atoms with Crippen LogP contribution in [0, 0.1) is 0 Å². The number of fused-ring (bicyclic) bond motifs is 1. The summed E-state index contributed by atoms with van der Waals surface area (Å²) in [6.45, 7) is 1.36. The molecule has 1 heterocycles. The second-order valence-corrected chi connectivity index (χ2v) is 3.55. The normalized spacial score (nSPS) is 10.6. The smallest absolute Gasteiger partial charge is 0.265 e. The molecule has 16 heavy (non-hydrogen) atoms. The van der Waals surface area contributed by atoms with Crippen LogP contribution in [0.4, 0.5) is 0 Å². The minimum Gasteiger partial charge on any atom is -0.507 e. The average molecular weight is 218 g/mol. The Morgan fingerprint density at radius 2 is 2.25 bits per heavy atom. The highest BCUT2D eigenvalue weighted by Crippen LogP contribution is 2.18. The SMILES string of the molecule is CC(=O)Cn1cnc2cccc(O)c2c1=O. The average Bonchev–Trinajstić information content (AvgIpc) is 2.22. The van der Waals surface area contributed by atoms with Gasteiger partial charge in [-0.05, 0) is 19.1 Å². The molecule has 0 aliphatic rings. The zero-order valence-corrected chi connectivity index (χ0v) is 8.67. The Bertz CT molecular complexity index is 616. The van der Waals surface area contributed by atoms with Gasteiger partial charge in [0.2, 0.25) is 0 Å². The van der Waals surface area contributed by atoms with E-state index in [-0.39, 0.29) is 23.5 Å². The maximum Gasteiger partial charge on any atom is 0.265 e. The lowest BCUT2D eigenvalue weighted by atomic mass is 10.2. The third-order valence-corrected chi connectivity index (χ3v) is 2.22. The van der Waals surface area contributed by atoms with Crippen LogP contribution in [0.2, 0.25) is 0 Å². The predicted octanol–water partition coefficient (Wildman–Crippen LogP) is 0.691. The molecule has 1 N–H and O–H groups in total. The molecule has 5 heteroatoms. The zero-order valence-electron chi connectivity index (χ0n) is 8.67. The zero-order chi connectivity index (χ0) is 11.7. The Kier molecular flexibility index (Phi) is 2.44. The molecule has 0 aliphatic heterocycles. The molecule has 0 unspecified atom stereocenters. The van der Waals surface area contributed by atoms with E-state index in [0.717, 1.165) is 0 Å². The number of aromatic hydroxyl groups is 1. The summed E-state index contributed by atoms with van der Waals surface area (Å²) in [5, 5.41) is 9.72. The molecule has 0 spiro atoms. The van der Waals surface area contributed by atoms with Crippen molar-refractivity contribution < 1.29 is 9.90 Å². The lowest BCUT2D eigenvalue weighted by Crippen LogP contribution is -2.23. The molecule has 0 fully saturated rings. The van der Waals surface area contributed by atoms with Gasteiger partial charge in [-0.25, -0.2) is 4.98 Å². The second-order valence-electron chi connectivity index (χ2n) is 3.55. The molecular formula is C11H10N2O3. The predicted molar refractivity (Wildman–Crippen MR) is 58.3 cm³/mol. The molecular weight excluding hydrogens is 208 g/mol. The Morgan fingerprint density at radius 1 is 1.50 bits per heavy atom. The van der Waals surface area contributed by atoms with Crippen molar-refractivity contribution in [2.75, 3.05) is 0 Å². The first kappa shape index (κ1) is 10.4. The maximum absolute atomic E-state index is 11.9. The van der Waals surface area contributed by atoms with Gasteiger partial charge in [0, 0.05) is 0 Å². The van der Waals surface area contributed by atoms with E-state index in [4.69, 9.17) is 0 Å². The number of phenolic OH excluding ortho intramolecular Hbond substituents is 1. The molecule has 0 atom stereocenters. The topological polar surface area (TPSA) is 72.2 Å². The first-order chi connectivity index (χ1) is 7.59. The van der Waals surface area contributed by atoms with Crippen molar-refractivity contribution in [1.82, 2.24) is 9.55 Å². The lowest BCUT2D eigenvalue weighted by molar-refractivity contribution is -0.117. The van der Waals surface area contributed by atoms with E-state index in [0.29, 0.717) is 5.52 Å². The highest BCUT2D eigenvalue weighted by molar-refractivity contribution is 5.84. The fraction of sp³-hybridized carbons (Fsp3) is 0.182. The van der Waals surface area contributed by atoms with Gasteiger partial charge in [-0.15, -0.1) is 0 Å². The molecule has 0 saturated carbocycles. The number of carbonyl (C=O) groups excluding carboxylic acids is 1. The van der Waals surface area contributed by atoms with Crippen molar-refractivity contribution in [1.29, 1.82) is 0 Å². The van der Waals surface area contributed by atoms with E-state index < -0.39 is 5.56 Å². The molecule has 2 aromatic rings. The van der Waals surface area contributed by atoms with Crippen LogP contribution in [-0.2, 0) is 11.3 Å². The van der Waals surface area contributed by atoms with Crippen LogP contribution in [0.1, 0.15) is 6.92 Å². The van der Waals surface area contributed by atoms with Crippen LogP contribution in [0.5, 0.6) is 5.75 Å². The van der Waals surface area contributed by atoms with Crippen molar-refractivity contribution in [2.45, 2.75) is 13.5 Å². The Balaban J connectivity index is 2.73. The third-order valence-electron chi connectivity index (χ3n) is 2.22. The summed E-state index contributed by atoms with van der Waals surface area (Å²) in [6, 6.07) is 4.66. The summed E-state index contributed by atoms with van der Waals surface area (Å²) in [4.78, 5) is 26.8. The number of nitrogens with zero attached hydrogens (tertiary/aromatic N) is 2. The van der Waals surface area contributed by atoms with Crippen molar-refractivity contribution >= 4 is 16.7 Å². The molecule has 82 valence electrons. The van der Waals surface area contributed by atoms with E-state index in [9.17, 15) is 14.7 Å². The summed E-state index contributed by atoms with van der Waals surface area (Å²) in [5.74, 6) is -0.258. The van der Waals surface area contributed by atoms with E-state index in [1.54, 1.807) is 12.1 Å². The van der Waals surface area contributed by atoms with Gasteiger partial charge in [-0.2, -0.15) is 0 Å². The van der Waals surface area contributed by atoms with Crippen molar-refractivity contribution in [3.63, 3.8) is 0 Å². The van der Waals surface area contributed by atoms with Gasteiger partial charge in [0.15, 0.2) is 0 Å². The summed E-state index contributed by atoms with van der Waals surface area (Å²) in [6.07, 6.45) is 1.31. The molecule has 0 radical (unpaired) electrons. The van der Waals surface area contributed by atoms with Gasteiger partial charge in [0.1, 0.15) is 16.9 Å². The van der Waals surface area contributed by atoms with Crippen LogP contribution in [0.25, 0.3) is 10.9 Å². The van der Waals surface area contributed by atoms with E-state index in [2.05, 4.69) is 4.98 Å². The lowest BCUT2D eigenvalue weighted by Gasteiger charge is -2.04. The monoisotopic (exact) mass is 218 g/mol. The fourth-order valence-electron chi connectivity index (χ4n) is 1.54. The van der Waals surface area contributed by atoms with Gasteiger partial charge in [-0.3, -0.25) is 14.2 Å². The van der Waals surface area contributed by atoms with Crippen molar-refractivity contribution in [3.05, 3.63) is 34.9 Å². The number of aromatic nitrogens is 2. The number of ketones is 1. The molecule has 0 aliphatic carbocycles. The van der Waals surface area contributed by atoms with E-state index >= 15 is 0 Å². The first-order valence-electron chi connectivity index (χ1n) is 4.76. The van der Waals surface area contributed by atoms with Gasteiger partial charge < -0.3 is 5.11 Å². The highest BCUT2D eigenvalue weighted by Gasteiger charge is 2.08. The molecule has 0 saturated heterocycles. The van der Waals surface area contributed by atoms with E-state index in [1.165, 1.54) is 23.9 Å². The maximum atomic E-state index is 11.9. The minimum atomic E-state index is -0.404. The van der Waals surface area contributed by atoms with Crippen LogP contribution in [-0.4, -0.2) is 20.4 Å². The quantitative estimate of drug-likeness (QED) is 0.805. The Morgan fingerprint density at radius 3 is 2.94 bits per heavy atom. The molecule has 2 rings (SSSR count). The number of Topliss-reactive ketones (excluding diaryl/α,β-unsaturated/α-hetero) is 1. The minimum absolute atomic E-state index is 0.0316. The van der Waals surface area contributed by atoms with Crippen LogP contribution < -0.4 is 5.56 Å². The second kappa shape index (κ2) is 3.77. The van der Waals surface area contributed by atoms with Crippen LogP contribution in [0.3, 0.4) is 0 Å². The summed E-state index contributed by atoms with van der Waals surface area (Å²) in [5.41, 5.74) is 0.0168. The largest absolute Gasteiger partial charge is 0.507 e. The first-order valence-corrected chi connectivity index (χ1v) is 4.76. The van der Waals surface area contributed by atoms with Gasteiger partial charge >= 0.3 is 0 Å². The Labute approximate surface area is 91.0 Å². The number of carbonyl (C=O) groups is 1. The molecule has 1 aromatic carbocycles. The summed E-state index contributed by atoms with van der Waals surface area (Å²) < 4.78 is 1.18. The fourth-order valence-corrected chi connectivity index (χ4v) is 1.54. The highest BCUT2D eigenvalue weighted by atomic mass is 16.3. The van der Waals surface area contributed by atoms with Gasteiger partial charge in [0.05, 0.1) is 18.4 Å². The number of phenols is 1. The van der Waals surface area contributed by atoms with Crippen LogP contribution >= 0.6 is 0 Å². The van der Waals surface area contributed by atoms with Crippen molar-refractivity contribution in [3.8, 4) is 5.75 Å². The number of benzene rings is 1. The number of hydrogen-bond acceptors (Lipinski definition) is 4. The van der Waals surface area contributed by atoms with Crippen molar-refractivity contribution in [2.24, 2.45) is 0 Å². The number of hydrogen-bond donors (Lipinski definition) is 1. The molecule has 0 bridgehead atoms. The van der Waals surface area contributed by atoms with Gasteiger partial charge in [-0.1, -0.05) is 6.07 Å². The number of rotatable bonds is 2. The van der Waals surface area contributed by atoms with Gasteiger partial charge in [0.25, 0.3) is 5.56 Å². The summed E-state index contributed by atoms with van der Waals surface area (Å²) in [7, 11) is 0. The standard InChI is InChI=1S/C11H10N2O3/c1-7(14)5-13-6-12-8-3-2-4-9(15)10(8)11(13)16/h2-4,6,15H,5H2,1H3. The summed E-state index contributed by atoms with van der Waals surface area (Å²) >= 11 is 0. The Hall–Kier alpha value is -2.17. The molecule has 1 aromatic heterocycles. The molecule has 5 nitrogen and oxygen atoms in total. The van der Waals surface area contributed by atoms with E-state index in [1.807, 2.05) is 0 Å². The van der Waals surface area contributed by atoms with Crippen LogP contribution in [0.15, 0.2) is 29.3 Å².